The van der Waals surface area contributed by atoms with Gasteiger partial charge in [0.25, 0.3) is 0 Å². The van der Waals surface area contributed by atoms with Crippen LogP contribution in [-0.2, 0) is 16.1 Å². The Morgan fingerprint density at radius 2 is 1.78 bits per heavy atom. The minimum atomic E-state index is -0.319. The summed E-state index contributed by atoms with van der Waals surface area (Å²) in [6.07, 6.45) is 0. The summed E-state index contributed by atoms with van der Waals surface area (Å²) in [5, 5.41) is 2.82. The lowest BCUT2D eigenvalue weighted by Crippen LogP contribution is -2.41. The number of hydrogen-bond acceptors (Lipinski definition) is 3. The van der Waals surface area contributed by atoms with E-state index in [0.717, 1.165) is 16.8 Å². The normalized spacial score (nSPS) is 10.7. The fourth-order valence-electron chi connectivity index (χ4n) is 2.70. The van der Waals surface area contributed by atoms with E-state index in [9.17, 15) is 14.0 Å². The molecule has 0 heterocycles. The van der Waals surface area contributed by atoms with Gasteiger partial charge in [0, 0.05) is 18.8 Å². The molecule has 0 radical (unpaired) electrons. The Kier molecular flexibility index (Phi) is 7.49. The molecule has 0 aliphatic heterocycles. The van der Waals surface area contributed by atoms with E-state index in [4.69, 9.17) is 0 Å². The summed E-state index contributed by atoms with van der Waals surface area (Å²) in [4.78, 5) is 28.0. The highest BCUT2D eigenvalue weighted by atomic mass is 19.1. The molecule has 0 spiro atoms. The second kappa shape index (κ2) is 9.83. The SMILES string of the molecule is CCN(Cc1cccc(F)c1)C(=O)CN(C)CC(=O)Nc1ccc(C)cc1. The fraction of sp³-hybridized carbons (Fsp3) is 0.333. The van der Waals surface area contributed by atoms with Crippen LogP contribution in [0.2, 0.25) is 0 Å². The maximum atomic E-state index is 13.3. The van der Waals surface area contributed by atoms with E-state index in [1.165, 1.54) is 12.1 Å². The lowest BCUT2D eigenvalue weighted by atomic mass is 10.2. The van der Waals surface area contributed by atoms with E-state index in [1.807, 2.05) is 38.1 Å². The Balaban J connectivity index is 1.85. The van der Waals surface area contributed by atoms with Gasteiger partial charge in [-0.3, -0.25) is 14.5 Å². The number of carbonyl (C=O) groups is 2. The second-order valence-electron chi connectivity index (χ2n) is 6.62. The van der Waals surface area contributed by atoms with Crippen LogP contribution in [0.4, 0.5) is 10.1 Å². The van der Waals surface area contributed by atoms with E-state index < -0.39 is 0 Å². The topological polar surface area (TPSA) is 52.7 Å². The minimum Gasteiger partial charge on any atom is -0.338 e. The first-order chi connectivity index (χ1) is 12.9. The Hall–Kier alpha value is -2.73. The fourth-order valence-corrected chi connectivity index (χ4v) is 2.70. The highest BCUT2D eigenvalue weighted by Crippen LogP contribution is 2.09. The summed E-state index contributed by atoms with van der Waals surface area (Å²) in [6, 6.07) is 13.8. The molecule has 5 nitrogen and oxygen atoms in total. The quantitative estimate of drug-likeness (QED) is 0.776. The molecule has 2 aromatic carbocycles. The van der Waals surface area contributed by atoms with Crippen molar-refractivity contribution in [2.24, 2.45) is 0 Å². The first-order valence-corrected chi connectivity index (χ1v) is 8.94. The van der Waals surface area contributed by atoms with Gasteiger partial charge in [0.05, 0.1) is 13.1 Å². The van der Waals surface area contributed by atoms with Gasteiger partial charge in [0.1, 0.15) is 5.82 Å². The van der Waals surface area contributed by atoms with Crippen molar-refractivity contribution in [2.75, 3.05) is 32.0 Å². The minimum absolute atomic E-state index is 0.104. The van der Waals surface area contributed by atoms with Crippen LogP contribution in [0, 0.1) is 12.7 Å². The molecule has 27 heavy (non-hydrogen) atoms. The zero-order valence-corrected chi connectivity index (χ0v) is 16.0. The number of halogens is 1. The van der Waals surface area contributed by atoms with Gasteiger partial charge in [0.15, 0.2) is 0 Å². The predicted octanol–water partition coefficient (Wildman–Crippen LogP) is 3.05. The Labute approximate surface area is 159 Å². The molecule has 0 bridgehead atoms. The van der Waals surface area contributed by atoms with Crippen molar-refractivity contribution in [1.82, 2.24) is 9.80 Å². The molecule has 0 saturated carbocycles. The van der Waals surface area contributed by atoms with Crippen LogP contribution in [0.15, 0.2) is 48.5 Å². The number of aryl methyl sites for hydroxylation is 1. The lowest BCUT2D eigenvalue weighted by molar-refractivity contribution is -0.132. The maximum absolute atomic E-state index is 13.3. The summed E-state index contributed by atoms with van der Waals surface area (Å²) >= 11 is 0. The van der Waals surface area contributed by atoms with Crippen LogP contribution in [0.3, 0.4) is 0 Å². The largest absolute Gasteiger partial charge is 0.338 e. The number of benzene rings is 2. The van der Waals surface area contributed by atoms with Gasteiger partial charge < -0.3 is 10.2 Å². The molecule has 6 heteroatoms. The van der Waals surface area contributed by atoms with E-state index in [-0.39, 0.29) is 30.7 Å². The molecule has 144 valence electrons. The zero-order chi connectivity index (χ0) is 19.8. The first-order valence-electron chi connectivity index (χ1n) is 8.94. The number of likely N-dealkylation sites (N-methyl/N-ethyl adjacent to an activating group) is 2. The van der Waals surface area contributed by atoms with E-state index in [2.05, 4.69) is 5.32 Å². The number of hydrogen-bond donors (Lipinski definition) is 1. The van der Waals surface area contributed by atoms with Gasteiger partial charge in [0.2, 0.25) is 11.8 Å². The highest BCUT2D eigenvalue weighted by molar-refractivity contribution is 5.92. The van der Waals surface area contributed by atoms with Crippen molar-refractivity contribution in [3.05, 3.63) is 65.5 Å². The van der Waals surface area contributed by atoms with Gasteiger partial charge in [-0.05, 0) is 50.7 Å². The second-order valence-corrected chi connectivity index (χ2v) is 6.62. The van der Waals surface area contributed by atoms with Crippen LogP contribution in [-0.4, -0.2) is 48.3 Å². The molecule has 0 fully saturated rings. The van der Waals surface area contributed by atoms with Crippen molar-refractivity contribution < 1.29 is 14.0 Å². The zero-order valence-electron chi connectivity index (χ0n) is 16.0. The third-order valence-electron chi connectivity index (χ3n) is 4.15. The van der Waals surface area contributed by atoms with Crippen LogP contribution in [0.25, 0.3) is 0 Å². The van der Waals surface area contributed by atoms with Gasteiger partial charge in [-0.2, -0.15) is 0 Å². The molecule has 0 aliphatic carbocycles. The van der Waals surface area contributed by atoms with E-state index in [1.54, 1.807) is 29.0 Å². The number of amides is 2. The standard InChI is InChI=1S/C21H26FN3O2/c1-4-25(13-17-6-5-7-18(22)12-17)21(27)15-24(3)14-20(26)23-19-10-8-16(2)9-11-19/h5-12H,4,13-15H2,1-3H3,(H,23,26). The monoisotopic (exact) mass is 371 g/mol. The number of nitrogens with zero attached hydrogens (tertiary/aromatic N) is 2. The summed E-state index contributed by atoms with van der Waals surface area (Å²) in [5.74, 6) is -0.601. The third kappa shape index (κ3) is 6.83. The summed E-state index contributed by atoms with van der Waals surface area (Å²) in [7, 11) is 1.72. The predicted molar refractivity (Wildman–Crippen MR) is 105 cm³/mol. The smallest absolute Gasteiger partial charge is 0.238 e. The van der Waals surface area contributed by atoms with Crippen molar-refractivity contribution >= 4 is 17.5 Å². The van der Waals surface area contributed by atoms with Gasteiger partial charge in [-0.25, -0.2) is 4.39 Å². The Bertz CT molecular complexity index is 777. The molecule has 1 N–H and O–H groups in total. The molecular formula is C21H26FN3O2. The lowest BCUT2D eigenvalue weighted by Gasteiger charge is -2.24. The number of nitrogens with one attached hydrogen (secondary N) is 1. The van der Waals surface area contributed by atoms with Crippen LogP contribution >= 0.6 is 0 Å². The van der Waals surface area contributed by atoms with Crippen molar-refractivity contribution in [2.45, 2.75) is 20.4 Å². The van der Waals surface area contributed by atoms with E-state index >= 15 is 0 Å². The first kappa shape index (κ1) is 20.6. The Morgan fingerprint density at radius 1 is 1.07 bits per heavy atom. The maximum Gasteiger partial charge on any atom is 0.238 e. The van der Waals surface area contributed by atoms with Gasteiger partial charge in [-0.1, -0.05) is 29.8 Å². The van der Waals surface area contributed by atoms with Crippen LogP contribution in [0.1, 0.15) is 18.1 Å². The summed E-state index contributed by atoms with van der Waals surface area (Å²) in [5.41, 5.74) is 2.59. The third-order valence-corrected chi connectivity index (χ3v) is 4.15. The van der Waals surface area contributed by atoms with E-state index in [0.29, 0.717) is 13.1 Å². The molecule has 2 amide bonds. The molecule has 0 saturated heterocycles. The molecule has 2 rings (SSSR count). The van der Waals surface area contributed by atoms with Crippen LogP contribution in [0.5, 0.6) is 0 Å². The number of carbonyl (C=O) groups excluding carboxylic acids is 2. The van der Waals surface area contributed by atoms with Crippen molar-refractivity contribution in [1.29, 1.82) is 0 Å². The number of rotatable bonds is 8. The number of anilines is 1. The van der Waals surface area contributed by atoms with Crippen molar-refractivity contribution in [3.8, 4) is 0 Å². The average molecular weight is 371 g/mol. The molecule has 0 unspecified atom stereocenters. The highest BCUT2D eigenvalue weighted by Gasteiger charge is 2.16. The average Bonchev–Trinajstić information content (AvgIpc) is 2.61. The van der Waals surface area contributed by atoms with Crippen LogP contribution < -0.4 is 5.32 Å². The molecule has 2 aromatic rings. The molecule has 0 atom stereocenters. The van der Waals surface area contributed by atoms with Gasteiger partial charge >= 0.3 is 0 Å². The van der Waals surface area contributed by atoms with Gasteiger partial charge in [-0.15, -0.1) is 0 Å². The molecule has 0 aliphatic rings. The summed E-state index contributed by atoms with van der Waals surface area (Å²) in [6.45, 7) is 4.94. The molecule has 0 aromatic heterocycles. The summed E-state index contributed by atoms with van der Waals surface area (Å²) < 4.78 is 13.3. The Morgan fingerprint density at radius 3 is 2.41 bits per heavy atom. The van der Waals surface area contributed by atoms with Crippen molar-refractivity contribution in [3.63, 3.8) is 0 Å². The molecular weight excluding hydrogens is 345 g/mol.